The van der Waals surface area contributed by atoms with Gasteiger partial charge in [-0.1, -0.05) is 62.2 Å². The van der Waals surface area contributed by atoms with Crippen LogP contribution < -0.4 is 5.73 Å². The lowest BCUT2D eigenvalue weighted by Crippen LogP contribution is -2.33. The maximum atomic E-state index is 6.62. The van der Waals surface area contributed by atoms with Crippen LogP contribution >= 0.6 is 0 Å². The molecule has 20 heavy (non-hydrogen) atoms. The lowest BCUT2D eigenvalue weighted by Gasteiger charge is -2.25. The Morgan fingerprint density at radius 1 is 1.00 bits per heavy atom. The van der Waals surface area contributed by atoms with Crippen LogP contribution in [0.15, 0.2) is 48.5 Å². The van der Waals surface area contributed by atoms with Crippen LogP contribution in [0.1, 0.15) is 43.7 Å². The number of hydrogen-bond acceptors (Lipinski definition) is 1. The van der Waals surface area contributed by atoms with E-state index in [0.717, 1.165) is 19.3 Å². The predicted octanol–water partition coefficient (Wildman–Crippen LogP) is 4.64. The number of aryl methyl sites for hydroxylation is 1. The van der Waals surface area contributed by atoms with Gasteiger partial charge in [-0.3, -0.25) is 0 Å². The molecule has 0 spiro atoms. The SMILES string of the molecule is CCc1ccc(C2(N)CCCC2)cc1-c1ccccc1. The summed E-state index contributed by atoms with van der Waals surface area (Å²) < 4.78 is 0. The van der Waals surface area contributed by atoms with Crippen LogP contribution in [0.5, 0.6) is 0 Å². The highest BCUT2D eigenvalue weighted by atomic mass is 14.8. The topological polar surface area (TPSA) is 26.0 Å². The van der Waals surface area contributed by atoms with Gasteiger partial charge in [0, 0.05) is 5.54 Å². The van der Waals surface area contributed by atoms with E-state index in [1.54, 1.807) is 0 Å². The zero-order valence-electron chi connectivity index (χ0n) is 12.2. The Kier molecular flexibility index (Phi) is 3.62. The zero-order chi connectivity index (χ0) is 14.0. The van der Waals surface area contributed by atoms with Crippen LogP contribution in [-0.4, -0.2) is 0 Å². The fourth-order valence-corrected chi connectivity index (χ4v) is 3.38. The minimum Gasteiger partial charge on any atom is -0.321 e. The first-order valence-electron chi connectivity index (χ1n) is 7.71. The highest BCUT2D eigenvalue weighted by molar-refractivity contribution is 5.68. The largest absolute Gasteiger partial charge is 0.321 e. The third-order valence-electron chi connectivity index (χ3n) is 4.65. The molecule has 0 atom stereocenters. The van der Waals surface area contributed by atoms with E-state index >= 15 is 0 Å². The molecule has 104 valence electrons. The fraction of sp³-hybridized carbons (Fsp3) is 0.368. The Balaban J connectivity index is 2.08. The molecule has 0 aliphatic heterocycles. The first-order valence-corrected chi connectivity index (χ1v) is 7.71. The molecule has 1 fully saturated rings. The van der Waals surface area contributed by atoms with Gasteiger partial charge < -0.3 is 5.73 Å². The fourth-order valence-electron chi connectivity index (χ4n) is 3.38. The van der Waals surface area contributed by atoms with Gasteiger partial charge in [0.2, 0.25) is 0 Å². The lowest BCUT2D eigenvalue weighted by molar-refractivity contribution is 0.462. The van der Waals surface area contributed by atoms with Crippen molar-refractivity contribution in [2.75, 3.05) is 0 Å². The first kappa shape index (κ1) is 13.4. The summed E-state index contributed by atoms with van der Waals surface area (Å²) in [6.07, 6.45) is 5.81. The molecule has 2 aromatic rings. The molecule has 0 radical (unpaired) electrons. The van der Waals surface area contributed by atoms with E-state index in [1.165, 1.54) is 35.1 Å². The summed E-state index contributed by atoms with van der Waals surface area (Å²) >= 11 is 0. The van der Waals surface area contributed by atoms with Crippen molar-refractivity contribution >= 4 is 0 Å². The average molecular weight is 265 g/mol. The van der Waals surface area contributed by atoms with Crippen molar-refractivity contribution in [2.24, 2.45) is 5.73 Å². The standard InChI is InChI=1S/C19H23N/c1-2-15-10-11-17(19(20)12-6-7-13-19)14-18(15)16-8-4-3-5-9-16/h3-5,8-11,14H,2,6-7,12-13,20H2,1H3. The summed E-state index contributed by atoms with van der Waals surface area (Å²) in [6, 6.07) is 17.5. The minimum absolute atomic E-state index is 0.101. The average Bonchev–Trinajstić information content (AvgIpc) is 2.95. The monoisotopic (exact) mass is 265 g/mol. The van der Waals surface area contributed by atoms with Crippen molar-refractivity contribution < 1.29 is 0 Å². The van der Waals surface area contributed by atoms with Crippen LogP contribution in [0, 0.1) is 0 Å². The second kappa shape index (κ2) is 5.41. The lowest BCUT2D eigenvalue weighted by atomic mass is 9.85. The Morgan fingerprint density at radius 3 is 2.35 bits per heavy atom. The molecule has 1 nitrogen and oxygen atoms in total. The van der Waals surface area contributed by atoms with E-state index in [1.807, 2.05) is 0 Å². The third-order valence-corrected chi connectivity index (χ3v) is 4.65. The maximum Gasteiger partial charge on any atom is 0.0409 e. The van der Waals surface area contributed by atoms with E-state index in [0.29, 0.717) is 0 Å². The summed E-state index contributed by atoms with van der Waals surface area (Å²) in [5, 5.41) is 0. The van der Waals surface area contributed by atoms with Gasteiger partial charge in [-0.25, -0.2) is 0 Å². The summed E-state index contributed by atoms with van der Waals surface area (Å²) in [4.78, 5) is 0. The molecule has 0 unspecified atom stereocenters. The van der Waals surface area contributed by atoms with Crippen molar-refractivity contribution in [3.8, 4) is 11.1 Å². The molecule has 1 heteroatoms. The molecular formula is C19H23N. The number of hydrogen-bond donors (Lipinski definition) is 1. The smallest absolute Gasteiger partial charge is 0.0409 e. The van der Waals surface area contributed by atoms with Crippen molar-refractivity contribution in [2.45, 2.75) is 44.6 Å². The van der Waals surface area contributed by atoms with Gasteiger partial charge >= 0.3 is 0 Å². The Bertz CT molecular complexity index is 580. The van der Waals surface area contributed by atoms with E-state index < -0.39 is 0 Å². The van der Waals surface area contributed by atoms with Gasteiger partial charge in [0.25, 0.3) is 0 Å². The van der Waals surface area contributed by atoms with Crippen molar-refractivity contribution in [1.29, 1.82) is 0 Å². The normalized spacial score (nSPS) is 17.3. The third kappa shape index (κ3) is 2.38. The van der Waals surface area contributed by atoms with Crippen molar-refractivity contribution in [3.63, 3.8) is 0 Å². The Hall–Kier alpha value is -1.60. The second-order valence-corrected chi connectivity index (χ2v) is 5.95. The molecule has 1 saturated carbocycles. The molecular weight excluding hydrogens is 242 g/mol. The highest BCUT2D eigenvalue weighted by Crippen LogP contribution is 2.38. The number of benzene rings is 2. The Morgan fingerprint density at radius 2 is 1.70 bits per heavy atom. The molecule has 0 aromatic heterocycles. The number of rotatable bonds is 3. The van der Waals surface area contributed by atoms with Gasteiger partial charge in [0.05, 0.1) is 0 Å². The van der Waals surface area contributed by atoms with Crippen LogP contribution in [0.2, 0.25) is 0 Å². The van der Waals surface area contributed by atoms with E-state index in [2.05, 4.69) is 55.5 Å². The summed E-state index contributed by atoms with van der Waals surface area (Å²) in [5.74, 6) is 0. The van der Waals surface area contributed by atoms with Gasteiger partial charge in [-0.2, -0.15) is 0 Å². The Labute approximate surface area is 121 Å². The predicted molar refractivity (Wildman–Crippen MR) is 85.6 cm³/mol. The van der Waals surface area contributed by atoms with E-state index in [4.69, 9.17) is 5.73 Å². The van der Waals surface area contributed by atoms with Crippen LogP contribution in [0.25, 0.3) is 11.1 Å². The van der Waals surface area contributed by atoms with E-state index in [9.17, 15) is 0 Å². The minimum atomic E-state index is -0.101. The molecule has 0 bridgehead atoms. The molecule has 3 rings (SSSR count). The van der Waals surface area contributed by atoms with Crippen LogP contribution in [0.4, 0.5) is 0 Å². The van der Waals surface area contributed by atoms with Crippen molar-refractivity contribution in [1.82, 2.24) is 0 Å². The van der Waals surface area contributed by atoms with Crippen LogP contribution in [0.3, 0.4) is 0 Å². The summed E-state index contributed by atoms with van der Waals surface area (Å²) in [5.41, 5.74) is 11.9. The molecule has 2 N–H and O–H groups in total. The molecule has 1 aliphatic carbocycles. The van der Waals surface area contributed by atoms with Gasteiger partial charge in [-0.05, 0) is 47.6 Å². The van der Waals surface area contributed by atoms with E-state index in [-0.39, 0.29) is 5.54 Å². The highest BCUT2D eigenvalue weighted by Gasteiger charge is 2.31. The molecule has 0 heterocycles. The van der Waals surface area contributed by atoms with Crippen molar-refractivity contribution in [3.05, 3.63) is 59.7 Å². The quantitative estimate of drug-likeness (QED) is 0.859. The maximum absolute atomic E-state index is 6.62. The van der Waals surface area contributed by atoms with Gasteiger partial charge in [0.15, 0.2) is 0 Å². The summed E-state index contributed by atoms with van der Waals surface area (Å²) in [7, 11) is 0. The van der Waals surface area contributed by atoms with Gasteiger partial charge in [0.1, 0.15) is 0 Å². The first-order chi connectivity index (χ1) is 9.73. The molecule has 1 aliphatic rings. The molecule has 2 aromatic carbocycles. The zero-order valence-corrected chi connectivity index (χ0v) is 12.2. The summed E-state index contributed by atoms with van der Waals surface area (Å²) in [6.45, 7) is 2.22. The molecule has 0 saturated heterocycles. The number of nitrogens with two attached hydrogens (primary N) is 1. The van der Waals surface area contributed by atoms with Crippen LogP contribution in [-0.2, 0) is 12.0 Å². The molecule has 0 amide bonds. The second-order valence-electron chi connectivity index (χ2n) is 5.95. The van der Waals surface area contributed by atoms with Gasteiger partial charge in [-0.15, -0.1) is 0 Å².